The SMILES string of the molecule is COc1ccc(NS(=O)(=O)c2ccccc2)c2c1C[C@@H]([As](C)C)CO2. The molecule has 2 aromatic rings. The van der Waals surface area contributed by atoms with Gasteiger partial charge in [0, 0.05) is 0 Å². The maximum absolute atomic E-state index is 12.6. The van der Waals surface area contributed by atoms with Crippen LogP contribution in [-0.2, 0) is 16.4 Å². The Morgan fingerprint density at radius 2 is 1.88 bits per heavy atom. The van der Waals surface area contributed by atoms with E-state index in [1.54, 1.807) is 49.6 Å². The van der Waals surface area contributed by atoms with Crippen molar-refractivity contribution in [2.75, 3.05) is 18.4 Å². The molecule has 0 saturated carbocycles. The minimum absolute atomic E-state index is 0.225. The van der Waals surface area contributed by atoms with Crippen LogP contribution in [0, 0.1) is 0 Å². The minimum atomic E-state index is -3.66. The summed E-state index contributed by atoms with van der Waals surface area (Å²) in [7, 11) is -2.03. The Hall–Kier alpha value is -1.65. The van der Waals surface area contributed by atoms with Crippen LogP contribution in [0.4, 0.5) is 5.69 Å². The van der Waals surface area contributed by atoms with Gasteiger partial charge in [0.15, 0.2) is 0 Å². The van der Waals surface area contributed by atoms with Crippen LogP contribution in [0.3, 0.4) is 0 Å². The van der Waals surface area contributed by atoms with Crippen molar-refractivity contribution in [1.29, 1.82) is 0 Å². The van der Waals surface area contributed by atoms with Crippen LogP contribution < -0.4 is 14.2 Å². The monoisotopic (exact) mass is 423 g/mol. The Kier molecular flexibility index (Phi) is 5.30. The van der Waals surface area contributed by atoms with E-state index in [1.165, 1.54) is 0 Å². The van der Waals surface area contributed by atoms with Gasteiger partial charge in [0.05, 0.1) is 0 Å². The second-order valence-corrected chi connectivity index (χ2v) is 13.4. The average molecular weight is 423 g/mol. The van der Waals surface area contributed by atoms with Crippen LogP contribution in [0.15, 0.2) is 47.4 Å². The zero-order chi connectivity index (χ0) is 18.0. The predicted octanol–water partition coefficient (Wildman–Crippen LogP) is 3.56. The van der Waals surface area contributed by atoms with Crippen molar-refractivity contribution in [3.05, 3.63) is 48.0 Å². The topological polar surface area (TPSA) is 64.6 Å². The predicted molar refractivity (Wildman–Crippen MR) is 101 cm³/mol. The van der Waals surface area contributed by atoms with E-state index in [1.807, 2.05) is 0 Å². The summed E-state index contributed by atoms with van der Waals surface area (Å²) in [6.07, 6.45) is 0.867. The van der Waals surface area contributed by atoms with Crippen molar-refractivity contribution >= 4 is 30.4 Å². The quantitative estimate of drug-likeness (QED) is 0.748. The molecule has 134 valence electrons. The molecule has 7 heteroatoms. The van der Waals surface area contributed by atoms with Gasteiger partial charge in [-0.1, -0.05) is 0 Å². The Morgan fingerprint density at radius 3 is 2.52 bits per heavy atom. The van der Waals surface area contributed by atoms with E-state index in [-0.39, 0.29) is 4.90 Å². The third kappa shape index (κ3) is 3.80. The molecule has 1 heterocycles. The van der Waals surface area contributed by atoms with Gasteiger partial charge in [-0.15, -0.1) is 0 Å². The van der Waals surface area contributed by atoms with Crippen molar-refractivity contribution in [3.63, 3.8) is 0 Å². The molecule has 0 unspecified atom stereocenters. The molecular weight excluding hydrogens is 401 g/mol. The fourth-order valence-corrected chi connectivity index (χ4v) is 5.86. The number of nitrogens with one attached hydrogen (secondary N) is 1. The fourth-order valence-electron chi connectivity index (χ4n) is 2.85. The third-order valence-electron chi connectivity index (χ3n) is 4.33. The van der Waals surface area contributed by atoms with Gasteiger partial charge < -0.3 is 0 Å². The molecule has 0 spiro atoms. The van der Waals surface area contributed by atoms with Crippen LogP contribution in [0.25, 0.3) is 0 Å². The van der Waals surface area contributed by atoms with Crippen molar-refractivity contribution in [2.45, 2.75) is 27.4 Å². The number of ether oxygens (including phenoxy) is 2. The molecule has 0 aliphatic carbocycles. The number of hydrogen-bond acceptors (Lipinski definition) is 4. The molecule has 0 saturated heterocycles. The van der Waals surface area contributed by atoms with Crippen LogP contribution in [0.5, 0.6) is 11.5 Å². The normalized spacial score (nSPS) is 16.9. The Balaban J connectivity index is 1.98. The third-order valence-corrected chi connectivity index (χ3v) is 9.47. The van der Waals surface area contributed by atoms with Gasteiger partial charge in [-0.2, -0.15) is 0 Å². The zero-order valence-corrected chi connectivity index (χ0v) is 17.2. The van der Waals surface area contributed by atoms with E-state index < -0.39 is 24.7 Å². The van der Waals surface area contributed by atoms with Gasteiger partial charge in [-0.25, -0.2) is 0 Å². The molecule has 0 bridgehead atoms. The molecule has 3 rings (SSSR count). The molecule has 2 aromatic carbocycles. The van der Waals surface area contributed by atoms with E-state index >= 15 is 0 Å². The van der Waals surface area contributed by atoms with E-state index in [2.05, 4.69) is 16.1 Å². The van der Waals surface area contributed by atoms with Crippen molar-refractivity contribution < 1.29 is 17.9 Å². The molecule has 1 atom stereocenters. The van der Waals surface area contributed by atoms with E-state index in [9.17, 15) is 8.42 Å². The molecule has 1 N–H and O–H groups in total. The van der Waals surface area contributed by atoms with Gasteiger partial charge >= 0.3 is 154 Å². The van der Waals surface area contributed by atoms with Crippen molar-refractivity contribution in [2.24, 2.45) is 0 Å². The average Bonchev–Trinajstić information content (AvgIpc) is 2.62. The number of methoxy groups -OCH3 is 1. The fraction of sp³-hybridized carbons (Fsp3) is 0.333. The first-order valence-corrected chi connectivity index (χ1v) is 14.3. The van der Waals surface area contributed by atoms with Gasteiger partial charge in [0.25, 0.3) is 0 Å². The summed E-state index contributed by atoms with van der Waals surface area (Å²) >= 11 is -0.936. The molecule has 0 aromatic heterocycles. The maximum atomic E-state index is 12.6. The molecule has 1 aliphatic heterocycles. The van der Waals surface area contributed by atoms with Crippen LogP contribution >= 0.6 is 0 Å². The van der Waals surface area contributed by atoms with Crippen LogP contribution in [0.2, 0.25) is 16.1 Å². The van der Waals surface area contributed by atoms with Gasteiger partial charge in [0.2, 0.25) is 0 Å². The number of hydrogen-bond donors (Lipinski definition) is 1. The summed E-state index contributed by atoms with van der Waals surface area (Å²) in [6.45, 7) is 0.632. The number of sulfonamides is 1. The molecule has 1 aliphatic rings. The number of rotatable bonds is 5. The molecule has 25 heavy (non-hydrogen) atoms. The number of fused-ring (bicyclic) bond motifs is 1. The number of benzene rings is 2. The van der Waals surface area contributed by atoms with E-state index in [0.717, 1.165) is 17.7 Å². The second-order valence-electron chi connectivity index (χ2n) is 6.17. The molecular formula is C18H22AsNO4S. The van der Waals surface area contributed by atoms with Crippen molar-refractivity contribution in [3.8, 4) is 11.5 Å². The molecule has 5 nitrogen and oxygen atoms in total. The standard InChI is InChI=1S/C18H22AsNO4S/c1-19(2)13-11-15-17(23-3)10-9-16(18(15)24-12-13)20-25(21,22)14-7-5-4-6-8-14/h4-10,13,20H,11-12H2,1-3H3/t13-/m1/s1. The Bertz CT molecular complexity index is 853. The van der Waals surface area contributed by atoms with Crippen LogP contribution in [0.1, 0.15) is 5.56 Å². The van der Waals surface area contributed by atoms with Gasteiger partial charge in [0.1, 0.15) is 0 Å². The molecule has 0 amide bonds. The summed E-state index contributed by atoms with van der Waals surface area (Å²) in [5.41, 5.74) is 6.03. The van der Waals surface area contributed by atoms with Gasteiger partial charge in [-0.3, -0.25) is 0 Å². The molecule has 0 radical (unpaired) electrons. The first-order chi connectivity index (χ1) is 11.9. The summed E-state index contributed by atoms with van der Waals surface area (Å²) in [4.78, 5) is 0.225. The summed E-state index contributed by atoms with van der Waals surface area (Å²) < 4.78 is 39.9. The van der Waals surface area contributed by atoms with Crippen molar-refractivity contribution in [1.82, 2.24) is 0 Å². The van der Waals surface area contributed by atoms with Crippen LogP contribution in [-0.4, -0.2) is 36.8 Å². The number of anilines is 1. The van der Waals surface area contributed by atoms with E-state index in [4.69, 9.17) is 9.47 Å². The first-order valence-electron chi connectivity index (χ1n) is 7.99. The summed E-state index contributed by atoms with van der Waals surface area (Å²) in [6, 6.07) is 11.8. The Labute approximate surface area is 153 Å². The van der Waals surface area contributed by atoms with E-state index in [0.29, 0.717) is 22.7 Å². The summed E-state index contributed by atoms with van der Waals surface area (Å²) in [5.74, 6) is 1.34. The zero-order valence-electron chi connectivity index (χ0n) is 14.5. The van der Waals surface area contributed by atoms with Gasteiger partial charge in [-0.05, 0) is 0 Å². The second kappa shape index (κ2) is 7.30. The Morgan fingerprint density at radius 1 is 1.16 bits per heavy atom. The molecule has 0 fully saturated rings. The first kappa shape index (κ1) is 18.1. The summed E-state index contributed by atoms with van der Waals surface area (Å²) in [5, 5.41) is 0.